The van der Waals surface area contributed by atoms with Crippen LogP contribution in [0.5, 0.6) is 0 Å². The first-order chi connectivity index (χ1) is 16.5. The lowest BCUT2D eigenvalue weighted by Crippen LogP contribution is -2.43. The molecule has 0 aliphatic heterocycles. The number of hydrogen-bond donors (Lipinski definition) is 2. The Morgan fingerprint density at radius 1 is 0.971 bits per heavy atom. The van der Waals surface area contributed by atoms with E-state index in [0.717, 1.165) is 60.8 Å². The van der Waals surface area contributed by atoms with Crippen LogP contribution in [0.15, 0.2) is 42.5 Å². The summed E-state index contributed by atoms with van der Waals surface area (Å²) >= 11 is 0. The third kappa shape index (κ3) is 4.52. The zero-order valence-electron chi connectivity index (χ0n) is 20.0. The van der Waals surface area contributed by atoms with E-state index in [2.05, 4.69) is 10.2 Å². The maximum Gasteiger partial charge on any atom is 0.412 e. The van der Waals surface area contributed by atoms with Gasteiger partial charge in [0.05, 0.1) is 5.69 Å². The smallest absolute Gasteiger partial charge is 0.412 e. The average Bonchev–Trinajstić information content (AvgIpc) is 2.84. The molecule has 0 atom stereocenters. The van der Waals surface area contributed by atoms with Gasteiger partial charge in [0, 0.05) is 37.4 Å². The summed E-state index contributed by atoms with van der Waals surface area (Å²) in [5, 5.41) is 15.8. The summed E-state index contributed by atoms with van der Waals surface area (Å²) in [6.45, 7) is 0. The molecule has 1 saturated carbocycles. The van der Waals surface area contributed by atoms with Crippen LogP contribution in [0.4, 0.5) is 22.2 Å². The van der Waals surface area contributed by atoms with Gasteiger partial charge in [-0.25, -0.2) is 9.78 Å². The quantitative estimate of drug-likeness (QED) is 0.526. The van der Waals surface area contributed by atoms with Gasteiger partial charge in [0.1, 0.15) is 5.82 Å². The van der Waals surface area contributed by atoms with Gasteiger partial charge >= 0.3 is 6.09 Å². The molecule has 0 saturated heterocycles. The highest BCUT2D eigenvalue weighted by molar-refractivity contribution is 5.92. The number of aromatic nitrogens is 2. The van der Waals surface area contributed by atoms with E-state index in [0.29, 0.717) is 5.95 Å². The second-order valence-corrected chi connectivity index (χ2v) is 9.73. The summed E-state index contributed by atoms with van der Waals surface area (Å²) in [5.41, 5.74) is 3.21. The van der Waals surface area contributed by atoms with E-state index in [-0.39, 0.29) is 12.1 Å². The standard InChI is InChI=1S/C27H33N5O2/c1-31(2)25-23-9-5-6-10-24(23)29-26(30-25)28-20-12-15-21(16-13-20)32(27(33)34)22-14-11-18-7-3-4-8-19(18)17-22/h3-4,7-8,11,14,17,20-21H,5-6,9-10,12-13,15-16H2,1-2H3,(H,33,34)(H,28,29,30)/t20-,21+. The number of carbonyl (C=O) groups is 1. The van der Waals surface area contributed by atoms with Crippen molar-refractivity contribution in [3.05, 3.63) is 53.7 Å². The summed E-state index contributed by atoms with van der Waals surface area (Å²) in [6, 6.07) is 14.2. The topological polar surface area (TPSA) is 81.6 Å². The Morgan fingerprint density at radius 3 is 2.44 bits per heavy atom. The van der Waals surface area contributed by atoms with Crippen molar-refractivity contribution in [2.75, 3.05) is 29.2 Å². The number of nitrogens with one attached hydrogen (secondary N) is 1. The maximum atomic E-state index is 12.2. The molecule has 1 fully saturated rings. The monoisotopic (exact) mass is 459 g/mol. The molecule has 0 unspecified atom stereocenters. The van der Waals surface area contributed by atoms with E-state index < -0.39 is 6.09 Å². The van der Waals surface area contributed by atoms with Crippen LogP contribution in [0.2, 0.25) is 0 Å². The maximum absolute atomic E-state index is 12.2. The molecule has 2 aliphatic rings. The molecule has 3 aromatic rings. The third-order valence-electron chi connectivity index (χ3n) is 7.20. The molecule has 2 N–H and O–H groups in total. The van der Waals surface area contributed by atoms with Crippen LogP contribution in [0.1, 0.15) is 49.8 Å². The molecule has 1 heterocycles. The Labute approximate surface area is 200 Å². The van der Waals surface area contributed by atoms with Crippen molar-refractivity contribution in [2.24, 2.45) is 0 Å². The second kappa shape index (κ2) is 9.49. The molecule has 0 spiro atoms. The molecule has 7 heteroatoms. The van der Waals surface area contributed by atoms with Crippen LogP contribution < -0.4 is 15.1 Å². The predicted molar refractivity (Wildman–Crippen MR) is 137 cm³/mol. The highest BCUT2D eigenvalue weighted by Gasteiger charge is 2.30. The van der Waals surface area contributed by atoms with Crippen molar-refractivity contribution in [3.8, 4) is 0 Å². The van der Waals surface area contributed by atoms with Gasteiger partial charge in [0.25, 0.3) is 0 Å². The third-order valence-corrected chi connectivity index (χ3v) is 7.20. The Balaban J connectivity index is 1.29. The molecule has 178 valence electrons. The van der Waals surface area contributed by atoms with Crippen molar-refractivity contribution >= 4 is 34.3 Å². The van der Waals surface area contributed by atoms with E-state index in [9.17, 15) is 9.90 Å². The molecule has 1 amide bonds. The number of fused-ring (bicyclic) bond motifs is 2. The van der Waals surface area contributed by atoms with E-state index >= 15 is 0 Å². The highest BCUT2D eigenvalue weighted by Crippen LogP contribution is 2.32. The molecule has 1 aromatic heterocycles. The average molecular weight is 460 g/mol. The summed E-state index contributed by atoms with van der Waals surface area (Å²) in [4.78, 5) is 25.6. The van der Waals surface area contributed by atoms with Gasteiger partial charge in [-0.2, -0.15) is 4.98 Å². The van der Waals surface area contributed by atoms with E-state index in [1.165, 1.54) is 24.1 Å². The number of amides is 1. The fraction of sp³-hybridized carbons (Fsp3) is 0.444. The first-order valence-corrected chi connectivity index (χ1v) is 12.3. The highest BCUT2D eigenvalue weighted by atomic mass is 16.4. The van der Waals surface area contributed by atoms with E-state index in [1.807, 2.05) is 56.6 Å². The van der Waals surface area contributed by atoms with Crippen LogP contribution in [-0.4, -0.2) is 47.3 Å². The first kappa shape index (κ1) is 22.4. The number of rotatable bonds is 5. The summed E-state index contributed by atoms with van der Waals surface area (Å²) in [5.74, 6) is 1.73. The van der Waals surface area contributed by atoms with Crippen LogP contribution in [-0.2, 0) is 12.8 Å². The van der Waals surface area contributed by atoms with Gasteiger partial charge in [0.2, 0.25) is 5.95 Å². The normalized spacial score (nSPS) is 19.9. The Bertz CT molecular complexity index is 1190. The van der Waals surface area contributed by atoms with Gasteiger partial charge < -0.3 is 15.3 Å². The van der Waals surface area contributed by atoms with Crippen LogP contribution in [0.25, 0.3) is 10.8 Å². The molecular formula is C27H33N5O2. The zero-order valence-corrected chi connectivity index (χ0v) is 20.0. The Hall–Kier alpha value is -3.35. The van der Waals surface area contributed by atoms with Gasteiger partial charge in [0.15, 0.2) is 0 Å². The molecular weight excluding hydrogens is 426 g/mol. The van der Waals surface area contributed by atoms with Crippen LogP contribution in [0.3, 0.4) is 0 Å². The second-order valence-electron chi connectivity index (χ2n) is 9.73. The fourth-order valence-electron chi connectivity index (χ4n) is 5.47. The zero-order chi connectivity index (χ0) is 23.7. The fourth-order valence-corrected chi connectivity index (χ4v) is 5.47. The molecule has 0 bridgehead atoms. The molecule has 2 aliphatic carbocycles. The van der Waals surface area contributed by atoms with Crippen LogP contribution >= 0.6 is 0 Å². The minimum atomic E-state index is -0.889. The van der Waals surface area contributed by atoms with Gasteiger partial charge in [-0.3, -0.25) is 4.90 Å². The Kier molecular flexibility index (Phi) is 6.26. The summed E-state index contributed by atoms with van der Waals surface area (Å²) < 4.78 is 0. The van der Waals surface area contributed by atoms with E-state index in [4.69, 9.17) is 9.97 Å². The molecule has 0 radical (unpaired) electrons. The number of aryl methyl sites for hydroxylation is 1. The SMILES string of the molecule is CN(C)c1nc(N[C@H]2CC[C@@H](N(C(=O)O)c3ccc4ccccc4c3)CC2)nc2c1CCCC2. The summed E-state index contributed by atoms with van der Waals surface area (Å²) in [6.07, 6.45) is 6.95. The molecule has 34 heavy (non-hydrogen) atoms. The van der Waals surface area contributed by atoms with Gasteiger partial charge in [-0.15, -0.1) is 0 Å². The van der Waals surface area contributed by atoms with Crippen molar-refractivity contribution in [2.45, 2.75) is 63.5 Å². The van der Waals surface area contributed by atoms with Crippen molar-refractivity contribution in [3.63, 3.8) is 0 Å². The molecule has 2 aromatic carbocycles. The minimum absolute atomic E-state index is 0.0292. The number of anilines is 3. The van der Waals surface area contributed by atoms with Gasteiger partial charge in [-0.1, -0.05) is 30.3 Å². The number of carboxylic acid groups (broad SMARTS) is 1. The minimum Gasteiger partial charge on any atom is -0.465 e. The van der Waals surface area contributed by atoms with Crippen LogP contribution in [0, 0.1) is 0 Å². The number of nitrogens with zero attached hydrogens (tertiary/aromatic N) is 4. The Morgan fingerprint density at radius 2 is 1.71 bits per heavy atom. The molecule has 5 rings (SSSR count). The lowest BCUT2D eigenvalue weighted by atomic mass is 9.90. The predicted octanol–water partition coefficient (Wildman–Crippen LogP) is 5.48. The van der Waals surface area contributed by atoms with Gasteiger partial charge in [-0.05, 0) is 74.3 Å². The van der Waals surface area contributed by atoms with Crippen molar-refractivity contribution in [1.29, 1.82) is 0 Å². The van der Waals surface area contributed by atoms with E-state index in [1.54, 1.807) is 4.90 Å². The first-order valence-electron chi connectivity index (χ1n) is 12.3. The lowest BCUT2D eigenvalue weighted by molar-refractivity contribution is 0.196. The largest absolute Gasteiger partial charge is 0.465 e. The number of hydrogen-bond acceptors (Lipinski definition) is 5. The van der Waals surface area contributed by atoms with Crippen molar-refractivity contribution < 1.29 is 9.90 Å². The van der Waals surface area contributed by atoms with Crippen molar-refractivity contribution in [1.82, 2.24) is 9.97 Å². The number of benzene rings is 2. The summed E-state index contributed by atoms with van der Waals surface area (Å²) in [7, 11) is 4.08. The lowest BCUT2D eigenvalue weighted by Gasteiger charge is -2.36. The molecule has 7 nitrogen and oxygen atoms in total.